The molecule has 26 heavy (non-hydrogen) atoms. The van der Waals surface area contributed by atoms with Gasteiger partial charge in [0.2, 0.25) is 10.0 Å². The van der Waals surface area contributed by atoms with Crippen LogP contribution < -0.4 is 0 Å². The summed E-state index contributed by atoms with van der Waals surface area (Å²) in [6, 6.07) is 2.85. The molecule has 0 N–H and O–H groups in total. The fourth-order valence-corrected chi connectivity index (χ4v) is 5.23. The lowest BCUT2D eigenvalue weighted by molar-refractivity contribution is -0.140. The first-order valence-electron chi connectivity index (χ1n) is 8.50. The van der Waals surface area contributed by atoms with E-state index in [0.717, 1.165) is 37.8 Å². The molecule has 2 aliphatic rings. The second kappa shape index (κ2) is 6.45. The molecule has 1 saturated carbocycles. The maximum absolute atomic E-state index is 13.6. The van der Waals surface area contributed by atoms with Crippen molar-refractivity contribution in [1.82, 2.24) is 9.21 Å². The Morgan fingerprint density at radius 3 is 2.42 bits per heavy atom. The maximum atomic E-state index is 13.6. The van der Waals surface area contributed by atoms with Crippen molar-refractivity contribution in [3.8, 4) is 0 Å². The van der Waals surface area contributed by atoms with Crippen LogP contribution in [-0.2, 0) is 21.7 Å². The van der Waals surface area contributed by atoms with Crippen LogP contribution >= 0.6 is 0 Å². The van der Waals surface area contributed by atoms with Gasteiger partial charge in [0.15, 0.2) is 0 Å². The second-order valence-corrected chi connectivity index (χ2v) is 9.20. The Balaban J connectivity index is 1.99. The number of sulfonamides is 1. The number of hydrogen-bond donors (Lipinski definition) is 0. The molecule has 9 heteroatoms. The van der Waals surface area contributed by atoms with Gasteiger partial charge in [-0.05, 0) is 57.0 Å². The van der Waals surface area contributed by atoms with Gasteiger partial charge in [-0.1, -0.05) is 6.07 Å². The Labute approximate surface area is 150 Å². The molecule has 0 bridgehead atoms. The van der Waals surface area contributed by atoms with E-state index in [1.807, 2.05) is 7.05 Å². The minimum atomic E-state index is -4.82. The number of benzene rings is 1. The molecule has 2 fully saturated rings. The van der Waals surface area contributed by atoms with Crippen molar-refractivity contribution < 1.29 is 26.0 Å². The van der Waals surface area contributed by atoms with Gasteiger partial charge in [-0.25, -0.2) is 12.8 Å². The van der Waals surface area contributed by atoms with Crippen LogP contribution in [0.1, 0.15) is 36.8 Å². The highest BCUT2D eigenvalue weighted by Gasteiger charge is 2.54. The predicted molar refractivity (Wildman–Crippen MR) is 89.5 cm³/mol. The zero-order valence-electron chi connectivity index (χ0n) is 14.7. The van der Waals surface area contributed by atoms with Crippen molar-refractivity contribution in [1.29, 1.82) is 0 Å². The average molecular weight is 394 g/mol. The molecule has 0 radical (unpaired) electrons. The van der Waals surface area contributed by atoms with Crippen molar-refractivity contribution in [2.75, 3.05) is 26.4 Å². The third kappa shape index (κ3) is 3.61. The summed E-state index contributed by atoms with van der Waals surface area (Å²) in [5.74, 6) is -1.35. The molecule has 146 valence electrons. The molecule has 0 amide bonds. The average Bonchev–Trinajstić information content (AvgIpc) is 3.20. The highest BCUT2D eigenvalue weighted by molar-refractivity contribution is 7.88. The van der Waals surface area contributed by atoms with Crippen LogP contribution in [0.25, 0.3) is 0 Å². The summed E-state index contributed by atoms with van der Waals surface area (Å²) in [4.78, 5) is 2.07. The quantitative estimate of drug-likeness (QED) is 0.721. The van der Waals surface area contributed by atoms with Crippen molar-refractivity contribution in [2.24, 2.45) is 0 Å². The molecule has 1 saturated heterocycles. The van der Waals surface area contributed by atoms with E-state index in [9.17, 15) is 26.0 Å². The SMILES string of the molecule is CN1CCCC1CN(C1(c2ccc(F)c(C(F)(F)F)c2)CC1)S(C)(=O)=O. The van der Waals surface area contributed by atoms with Crippen LogP contribution in [0.2, 0.25) is 0 Å². The van der Waals surface area contributed by atoms with Gasteiger partial charge in [-0.2, -0.15) is 17.5 Å². The fourth-order valence-electron chi connectivity index (χ4n) is 3.86. The monoisotopic (exact) mass is 394 g/mol. The summed E-state index contributed by atoms with van der Waals surface area (Å²) in [6.07, 6.45) is -1.08. The first kappa shape index (κ1) is 19.6. The highest BCUT2D eigenvalue weighted by atomic mass is 32.2. The molecule has 1 aromatic carbocycles. The lowest BCUT2D eigenvalue weighted by Crippen LogP contribution is -2.47. The molecule has 0 spiro atoms. The highest BCUT2D eigenvalue weighted by Crippen LogP contribution is 2.53. The summed E-state index contributed by atoms with van der Waals surface area (Å²) in [7, 11) is -1.73. The van der Waals surface area contributed by atoms with Crippen LogP contribution in [0.5, 0.6) is 0 Å². The Morgan fingerprint density at radius 2 is 1.96 bits per heavy atom. The molecule has 1 aromatic rings. The van der Waals surface area contributed by atoms with E-state index < -0.39 is 33.1 Å². The second-order valence-electron chi connectivity index (χ2n) is 7.29. The van der Waals surface area contributed by atoms with Gasteiger partial charge in [0.1, 0.15) is 5.82 Å². The Morgan fingerprint density at radius 1 is 1.31 bits per heavy atom. The van der Waals surface area contributed by atoms with Crippen LogP contribution in [0.15, 0.2) is 18.2 Å². The zero-order valence-corrected chi connectivity index (χ0v) is 15.5. The van der Waals surface area contributed by atoms with Gasteiger partial charge in [-0.15, -0.1) is 0 Å². The number of likely N-dealkylation sites (N-methyl/N-ethyl adjacent to an activating group) is 1. The summed E-state index contributed by atoms with van der Waals surface area (Å²) in [6.45, 7) is 1.10. The Kier molecular flexibility index (Phi) is 4.86. The molecular formula is C17H22F4N2O2S. The van der Waals surface area contributed by atoms with Crippen LogP contribution in [0.4, 0.5) is 17.6 Å². The van der Waals surface area contributed by atoms with E-state index in [0.29, 0.717) is 12.8 Å². The van der Waals surface area contributed by atoms with Crippen molar-refractivity contribution in [3.05, 3.63) is 35.1 Å². The first-order valence-corrected chi connectivity index (χ1v) is 10.4. The third-order valence-electron chi connectivity index (χ3n) is 5.46. The predicted octanol–water partition coefficient (Wildman–Crippen LogP) is 3.19. The molecular weight excluding hydrogens is 372 g/mol. The lowest BCUT2D eigenvalue weighted by atomic mass is 10.0. The van der Waals surface area contributed by atoms with Gasteiger partial charge in [-0.3, -0.25) is 0 Å². The van der Waals surface area contributed by atoms with Crippen LogP contribution in [0.3, 0.4) is 0 Å². The molecule has 3 rings (SSSR count). The Bertz CT molecular complexity index is 790. The number of hydrogen-bond acceptors (Lipinski definition) is 3. The van der Waals surface area contributed by atoms with Gasteiger partial charge in [0.05, 0.1) is 17.4 Å². The molecule has 1 atom stereocenters. The number of likely N-dealkylation sites (tertiary alicyclic amines) is 1. The van der Waals surface area contributed by atoms with Crippen LogP contribution in [-0.4, -0.2) is 50.1 Å². The number of nitrogens with zero attached hydrogens (tertiary/aromatic N) is 2. The number of halogens is 4. The van der Waals surface area contributed by atoms with E-state index in [1.54, 1.807) is 0 Å². The summed E-state index contributed by atoms with van der Waals surface area (Å²) < 4.78 is 79.1. The summed E-state index contributed by atoms with van der Waals surface area (Å²) in [5.41, 5.74) is -2.16. The van der Waals surface area contributed by atoms with Gasteiger partial charge in [0.25, 0.3) is 0 Å². The van der Waals surface area contributed by atoms with Gasteiger partial charge < -0.3 is 4.90 Å². The molecule has 1 heterocycles. The van der Waals surface area contributed by atoms with E-state index in [4.69, 9.17) is 0 Å². The zero-order chi connectivity index (χ0) is 19.3. The van der Waals surface area contributed by atoms with Gasteiger partial charge in [0, 0.05) is 12.6 Å². The molecule has 1 unspecified atom stereocenters. The largest absolute Gasteiger partial charge is 0.419 e. The van der Waals surface area contributed by atoms with E-state index in [-0.39, 0.29) is 18.2 Å². The van der Waals surface area contributed by atoms with E-state index in [2.05, 4.69) is 4.90 Å². The van der Waals surface area contributed by atoms with Crippen molar-refractivity contribution in [2.45, 2.75) is 43.4 Å². The van der Waals surface area contributed by atoms with Crippen LogP contribution in [0, 0.1) is 5.82 Å². The fraction of sp³-hybridized carbons (Fsp3) is 0.647. The molecule has 4 nitrogen and oxygen atoms in total. The minimum absolute atomic E-state index is 0.0322. The standard InChI is InChI=1S/C17H22F4N2O2S/c1-22-9-3-4-13(22)11-23(26(2,24)25)16(7-8-16)12-5-6-15(18)14(10-12)17(19,20)21/h5-6,10,13H,3-4,7-9,11H2,1-2H3. The number of alkyl halides is 3. The Hall–Kier alpha value is -1.19. The normalized spacial score (nSPS) is 23.6. The maximum Gasteiger partial charge on any atom is 0.419 e. The molecule has 0 aromatic heterocycles. The molecule has 1 aliphatic carbocycles. The number of rotatable bonds is 5. The van der Waals surface area contributed by atoms with Gasteiger partial charge >= 0.3 is 6.18 Å². The van der Waals surface area contributed by atoms with E-state index in [1.165, 1.54) is 10.4 Å². The van der Waals surface area contributed by atoms with Crippen molar-refractivity contribution in [3.63, 3.8) is 0 Å². The topological polar surface area (TPSA) is 40.6 Å². The molecule has 1 aliphatic heterocycles. The third-order valence-corrected chi connectivity index (χ3v) is 6.76. The summed E-state index contributed by atoms with van der Waals surface area (Å²) >= 11 is 0. The lowest BCUT2D eigenvalue weighted by Gasteiger charge is -2.34. The first-order chi connectivity index (χ1) is 11.9. The minimum Gasteiger partial charge on any atom is -0.302 e. The smallest absolute Gasteiger partial charge is 0.302 e. The summed E-state index contributed by atoms with van der Waals surface area (Å²) in [5, 5.41) is 0. The van der Waals surface area contributed by atoms with Crippen molar-refractivity contribution >= 4 is 10.0 Å². The van der Waals surface area contributed by atoms with E-state index >= 15 is 0 Å².